The first-order chi connectivity index (χ1) is 9.43. The summed E-state index contributed by atoms with van der Waals surface area (Å²) in [4.78, 5) is 22.5. The largest absolute Gasteiger partial charge is 0.507 e. The third-order valence-corrected chi connectivity index (χ3v) is 2.43. The number of amides is 2. The summed E-state index contributed by atoms with van der Waals surface area (Å²) in [5, 5.41) is 23.4. The van der Waals surface area contributed by atoms with E-state index in [0.717, 1.165) is 0 Å². The Bertz CT molecular complexity index is 490. The van der Waals surface area contributed by atoms with Crippen LogP contribution in [-0.2, 0) is 4.74 Å². The van der Waals surface area contributed by atoms with E-state index in [9.17, 15) is 14.7 Å². The number of hydrogen-bond acceptors (Lipinski definition) is 4. The molecule has 0 aliphatic heterocycles. The van der Waals surface area contributed by atoms with Crippen molar-refractivity contribution < 1.29 is 24.5 Å². The summed E-state index contributed by atoms with van der Waals surface area (Å²) < 4.78 is 5.16. The number of phenols is 1. The molecule has 7 nitrogen and oxygen atoms in total. The van der Waals surface area contributed by atoms with Gasteiger partial charge in [0.15, 0.2) is 0 Å². The van der Waals surface area contributed by atoms with Crippen LogP contribution in [0.25, 0.3) is 0 Å². The number of carbonyl (C=O) groups excluding carboxylic acids is 1. The summed E-state index contributed by atoms with van der Waals surface area (Å²) in [5.41, 5.74) is 0.00600. The third-order valence-electron chi connectivity index (χ3n) is 2.43. The number of benzene rings is 1. The molecule has 1 aromatic rings. The number of carboxylic acid groups (broad SMARTS) is 1. The topological polar surface area (TPSA) is 108 Å². The molecule has 0 saturated carbocycles. The van der Waals surface area contributed by atoms with Gasteiger partial charge in [-0.25, -0.2) is 9.59 Å². The Morgan fingerprint density at radius 1 is 1.40 bits per heavy atom. The second-order valence-electron chi connectivity index (χ2n) is 4.20. The van der Waals surface area contributed by atoms with Gasteiger partial charge in [0, 0.05) is 12.3 Å². The van der Waals surface area contributed by atoms with Crippen LogP contribution in [0.5, 0.6) is 5.75 Å². The fraction of sp³-hybridized carbons (Fsp3) is 0.385. The molecular formula is C13H18N2O5. The maximum atomic E-state index is 11.7. The number of ether oxygens (including phenoxy) is 1. The van der Waals surface area contributed by atoms with Crippen LogP contribution in [0.2, 0.25) is 0 Å². The van der Waals surface area contributed by atoms with Gasteiger partial charge in [0.2, 0.25) is 0 Å². The number of nitrogens with one attached hydrogen (secondary N) is 2. The molecule has 7 heteroatoms. The molecule has 0 saturated heterocycles. The summed E-state index contributed by atoms with van der Waals surface area (Å²) in [6.45, 7) is 4.60. The molecule has 1 unspecified atom stereocenters. The summed E-state index contributed by atoms with van der Waals surface area (Å²) >= 11 is 0. The monoisotopic (exact) mass is 282 g/mol. The highest BCUT2D eigenvalue weighted by Gasteiger charge is 2.12. The van der Waals surface area contributed by atoms with Crippen molar-refractivity contribution in [3.05, 3.63) is 23.8 Å². The van der Waals surface area contributed by atoms with Crippen LogP contribution in [0.4, 0.5) is 10.5 Å². The minimum atomic E-state index is -1.27. The first-order valence-corrected chi connectivity index (χ1v) is 6.15. The van der Waals surface area contributed by atoms with Crippen LogP contribution < -0.4 is 10.6 Å². The lowest BCUT2D eigenvalue weighted by molar-refractivity contribution is 0.0693. The molecular weight excluding hydrogens is 264 g/mol. The molecule has 0 radical (unpaired) electrons. The standard InChI is InChI=1S/C13H18N2O5/c1-3-20-7-8(2)14-13(19)15-9-4-5-11(16)10(6-9)12(17)18/h4-6,8,16H,3,7H2,1-2H3,(H,17,18)(H2,14,15,19). The number of urea groups is 1. The Balaban J connectivity index is 2.62. The van der Waals surface area contributed by atoms with E-state index < -0.39 is 12.0 Å². The predicted octanol–water partition coefficient (Wildman–Crippen LogP) is 1.64. The Hall–Kier alpha value is -2.28. The summed E-state index contributed by atoms with van der Waals surface area (Å²) in [7, 11) is 0. The molecule has 1 rings (SSSR count). The average Bonchev–Trinajstić information content (AvgIpc) is 2.38. The van der Waals surface area contributed by atoms with Gasteiger partial charge < -0.3 is 25.6 Å². The highest BCUT2D eigenvalue weighted by atomic mass is 16.5. The van der Waals surface area contributed by atoms with Crippen molar-refractivity contribution >= 4 is 17.7 Å². The van der Waals surface area contributed by atoms with E-state index in [0.29, 0.717) is 13.2 Å². The van der Waals surface area contributed by atoms with Gasteiger partial charge in [-0.15, -0.1) is 0 Å². The zero-order chi connectivity index (χ0) is 15.1. The minimum absolute atomic E-state index is 0.175. The van der Waals surface area contributed by atoms with Crippen molar-refractivity contribution in [3.63, 3.8) is 0 Å². The molecule has 110 valence electrons. The molecule has 0 aromatic heterocycles. The van der Waals surface area contributed by atoms with Crippen LogP contribution in [0.3, 0.4) is 0 Å². The molecule has 4 N–H and O–H groups in total. The van der Waals surface area contributed by atoms with E-state index in [-0.39, 0.29) is 23.0 Å². The lowest BCUT2D eigenvalue weighted by Crippen LogP contribution is -2.38. The number of anilines is 1. The Morgan fingerprint density at radius 3 is 2.70 bits per heavy atom. The van der Waals surface area contributed by atoms with Gasteiger partial charge in [0.05, 0.1) is 12.6 Å². The van der Waals surface area contributed by atoms with E-state index in [1.807, 2.05) is 6.92 Å². The molecule has 0 aliphatic rings. The van der Waals surface area contributed by atoms with Gasteiger partial charge in [-0.1, -0.05) is 0 Å². The van der Waals surface area contributed by atoms with Crippen molar-refractivity contribution in [2.45, 2.75) is 19.9 Å². The fourth-order valence-corrected chi connectivity index (χ4v) is 1.51. The van der Waals surface area contributed by atoms with Gasteiger partial charge in [0.1, 0.15) is 11.3 Å². The quantitative estimate of drug-likeness (QED) is 0.593. The van der Waals surface area contributed by atoms with Crippen LogP contribution in [0.1, 0.15) is 24.2 Å². The van der Waals surface area contributed by atoms with Gasteiger partial charge in [-0.2, -0.15) is 0 Å². The second kappa shape index (κ2) is 7.34. The highest BCUT2D eigenvalue weighted by Crippen LogP contribution is 2.21. The van der Waals surface area contributed by atoms with E-state index in [1.54, 1.807) is 6.92 Å². The predicted molar refractivity (Wildman–Crippen MR) is 73.2 cm³/mol. The van der Waals surface area contributed by atoms with Gasteiger partial charge in [0.25, 0.3) is 0 Å². The van der Waals surface area contributed by atoms with Crippen LogP contribution >= 0.6 is 0 Å². The molecule has 0 fully saturated rings. The van der Waals surface area contributed by atoms with Gasteiger partial charge in [-0.05, 0) is 32.0 Å². The van der Waals surface area contributed by atoms with Crippen LogP contribution in [-0.4, -0.2) is 41.5 Å². The Morgan fingerprint density at radius 2 is 2.10 bits per heavy atom. The zero-order valence-corrected chi connectivity index (χ0v) is 11.3. The van der Waals surface area contributed by atoms with E-state index in [1.165, 1.54) is 18.2 Å². The smallest absolute Gasteiger partial charge is 0.339 e. The Labute approximate surface area is 116 Å². The number of carboxylic acids is 1. The second-order valence-corrected chi connectivity index (χ2v) is 4.20. The molecule has 0 heterocycles. The van der Waals surface area contributed by atoms with Crippen molar-refractivity contribution in [2.24, 2.45) is 0 Å². The molecule has 0 spiro atoms. The molecule has 0 bridgehead atoms. The van der Waals surface area contributed by atoms with Crippen molar-refractivity contribution in [3.8, 4) is 5.75 Å². The fourth-order valence-electron chi connectivity index (χ4n) is 1.51. The molecule has 2 amide bonds. The first kappa shape index (κ1) is 15.8. The number of aromatic carboxylic acids is 1. The normalized spacial score (nSPS) is 11.7. The number of aromatic hydroxyl groups is 1. The van der Waals surface area contributed by atoms with Crippen LogP contribution in [0, 0.1) is 0 Å². The molecule has 1 aromatic carbocycles. The lowest BCUT2D eigenvalue weighted by Gasteiger charge is -2.14. The Kier molecular flexibility index (Phi) is 5.79. The highest BCUT2D eigenvalue weighted by molar-refractivity contribution is 5.95. The summed E-state index contributed by atoms with van der Waals surface area (Å²) in [5.74, 6) is -1.62. The van der Waals surface area contributed by atoms with Crippen LogP contribution in [0.15, 0.2) is 18.2 Å². The SMILES string of the molecule is CCOCC(C)NC(=O)Nc1ccc(O)c(C(=O)O)c1. The molecule has 0 aliphatic carbocycles. The zero-order valence-electron chi connectivity index (χ0n) is 11.3. The maximum Gasteiger partial charge on any atom is 0.339 e. The third kappa shape index (κ3) is 4.77. The average molecular weight is 282 g/mol. The number of carbonyl (C=O) groups is 2. The summed E-state index contributed by atoms with van der Waals surface area (Å²) in [6.07, 6.45) is 0. The van der Waals surface area contributed by atoms with Crippen molar-refractivity contribution in [1.82, 2.24) is 5.32 Å². The van der Waals surface area contributed by atoms with Crippen molar-refractivity contribution in [2.75, 3.05) is 18.5 Å². The lowest BCUT2D eigenvalue weighted by atomic mass is 10.2. The molecule has 1 atom stereocenters. The van der Waals surface area contributed by atoms with E-state index in [4.69, 9.17) is 9.84 Å². The maximum absolute atomic E-state index is 11.7. The first-order valence-electron chi connectivity index (χ1n) is 6.15. The van der Waals surface area contributed by atoms with E-state index >= 15 is 0 Å². The summed E-state index contributed by atoms with van der Waals surface area (Å²) in [6, 6.07) is 3.16. The minimum Gasteiger partial charge on any atom is -0.507 e. The van der Waals surface area contributed by atoms with Gasteiger partial charge in [-0.3, -0.25) is 0 Å². The molecule has 20 heavy (non-hydrogen) atoms. The van der Waals surface area contributed by atoms with Crippen molar-refractivity contribution in [1.29, 1.82) is 0 Å². The van der Waals surface area contributed by atoms with Gasteiger partial charge >= 0.3 is 12.0 Å². The number of hydrogen-bond donors (Lipinski definition) is 4. The number of rotatable bonds is 6. The van der Waals surface area contributed by atoms with E-state index in [2.05, 4.69) is 10.6 Å².